The number of carbonyl (C=O) groups is 2. The van der Waals surface area contributed by atoms with Crippen molar-refractivity contribution in [2.45, 2.75) is 24.8 Å². The molecular formula is C25H20ClN3O4S2. The lowest BCUT2D eigenvalue weighted by Crippen LogP contribution is -2.40. The first kappa shape index (κ1) is 23.6. The Balaban J connectivity index is 1.81. The van der Waals surface area contributed by atoms with E-state index in [-0.39, 0.29) is 22.6 Å². The maximum Gasteiger partial charge on any atom is 0.338 e. The zero-order chi connectivity index (χ0) is 24.9. The normalized spacial score (nSPS) is 18.1. The van der Waals surface area contributed by atoms with Gasteiger partial charge in [-0.05, 0) is 56.0 Å². The third-order valence-electron chi connectivity index (χ3n) is 5.88. The first-order valence-electron chi connectivity index (χ1n) is 10.8. The summed E-state index contributed by atoms with van der Waals surface area (Å²) in [6, 6.07) is 12.0. The molecule has 0 saturated carbocycles. The van der Waals surface area contributed by atoms with Gasteiger partial charge >= 0.3 is 5.97 Å². The zero-order valence-electron chi connectivity index (χ0n) is 19.0. The number of halogens is 1. The topological polar surface area (TPSA) is 89.8 Å². The molecule has 0 radical (unpaired) electrons. The van der Waals surface area contributed by atoms with E-state index in [1.54, 1.807) is 43.8 Å². The number of nitrogens with zero attached hydrogens (tertiary/aromatic N) is 2. The van der Waals surface area contributed by atoms with Crippen molar-refractivity contribution in [1.82, 2.24) is 4.57 Å². The average Bonchev–Trinajstić information content (AvgIpc) is 3.33. The molecule has 1 atom stereocenters. The highest BCUT2D eigenvalue weighted by atomic mass is 35.5. The van der Waals surface area contributed by atoms with Crippen LogP contribution in [-0.4, -0.2) is 29.3 Å². The van der Waals surface area contributed by atoms with E-state index in [4.69, 9.17) is 16.3 Å². The van der Waals surface area contributed by atoms with Crippen LogP contribution in [0.2, 0.25) is 5.02 Å². The molecule has 7 nitrogen and oxygen atoms in total. The standard InChI is InChI=1S/C25H20ClN3O4S2/c1-4-33-24(32)18-12(2)27-25-29(20(18)13-5-8-15(34-3)9-6-13)23(31)21(35-25)19-16-11-14(26)7-10-17(16)28-22(19)30/h5-11,20H,4H2,1-3H3,(H,28,30)/b21-19-/t20-/m1/s1. The Labute approximate surface area is 213 Å². The Kier molecular flexibility index (Phi) is 6.16. The molecule has 0 unspecified atom stereocenters. The molecule has 5 rings (SSSR count). The molecule has 1 N–H and O–H groups in total. The van der Waals surface area contributed by atoms with Gasteiger partial charge in [-0.3, -0.25) is 14.2 Å². The van der Waals surface area contributed by atoms with E-state index in [2.05, 4.69) is 10.3 Å². The Morgan fingerprint density at radius 1 is 1.23 bits per heavy atom. The third-order valence-corrected chi connectivity index (χ3v) is 7.91. The number of nitrogens with one attached hydrogen (secondary N) is 1. The van der Waals surface area contributed by atoms with Crippen molar-refractivity contribution in [2.75, 3.05) is 18.2 Å². The van der Waals surface area contributed by atoms with Gasteiger partial charge in [-0.25, -0.2) is 9.79 Å². The van der Waals surface area contributed by atoms with Gasteiger partial charge in [0.2, 0.25) is 0 Å². The molecule has 3 aromatic rings. The number of thioether (sulfide) groups is 1. The Hall–Kier alpha value is -3.14. The number of hydrogen-bond donors (Lipinski definition) is 1. The van der Waals surface area contributed by atoms with Gasteiger partial charge in [-0.1, -0.05) is 35.1 Å². The summed E-state index contributed by atoms with van der Waals surface area (Å²) in [5.41, 5.74) is 2.52. The summed E-state index contributed by atoms with van der Waals surface area (Å²) in [7, 11) is 0. The van der Waals surface area contributed by atoms with Crippen LogP contribution in [0.3, 0.4) is 0 Å². The quantitative estimate of drug-likeness (QED) is 0.416. The number of anilines is 1. The van der Waals surface area contributed by atoms with E-state index >= 15 is 0 Å². The van der Waals surface area contributed by atoms with Crippen molar-refractivity contribution in [3.8, 4) is 0 Å². The fourth-order valence-electron chi connectivity index (χ4n) is 4.31. The maximum absolute atomic E-state index is 13.9. The number of aromatic nitrogens is 1. The van der Waals surface area contributed by atoms with E-state index in [1.807, 2.05) is 30.5 Å². The predicted octanol–water partition coefficient (Wildman–Crippen LogP) is 3.50. The van der Waals surface area contributed by atoms with Gasteiger partial charge in [0.1, 0.15) is 4.53 Å². The minimum atomic E-state index is -0.737. The van der Waals surface area contributed by atoms with Crippen molar-refractivity contribution in [2.24, 2.45) is 4.99 Å². The number of ether oxygens (including phenoxy) is 1. The monoisotopic (exact) mass is 525 g/mol. The highest BCUT2D eigenvalue weighted by Gasteiger charge is 2.35. The maximum atomic E-state index is 13.9. The highest BCUT2D eigenvalue weighted by molar-refractivity contribution is 7.98. The van der Waals surface area contributed by atoms with Gasteiger partial charge in [-0.2, -0.15) is 0 Å². The fraction of sp³-hybridized carbons (Fsp3) is 0.200. The zero-order valence-corrected chi connectivity index (χ0v) is 21.4. The summed E-state index contributed by atoms with van der Waals surface area (Å²) in [6.45, 7) is 3.65. The lowest BCUT2D eigenvalue weighted by molar-refractivity contribution is -0.139. The Morgan fingerprint density at radius 3 is 2.66 bits per heavy atom. The van der Waals surface area contributed by atoms with Crippen LogP contribution in [0, 0.1) is 0 Å². The smallest absolute Gasteiger partial charge is 0.338 e. The van der Waals surface area contributed by atoms with E-state index < -0.39 is 17.6 Å². The first-order chi connectivity index (χ1) is 16.8. The molecule has 0 fully saturated rings. The van der Waals surface area contributed by atoms with Gasteiger partial charge in [0, 0.05) is 21.2 Å². The van der Waals surface area contributed by atoms with Gasteiger partial charge < -0.3 is 10.1 Å². The molecule has 2 aromatic carbocycles. The number of carbonyl (C=O) groups excluding carboxylic acids is 2. The minimum Gasteiger partial charge on any atom is -0.463 e. The summed E-state index contributed by atoms with van der Waals surface area (Å²) in [5, 5.41) is 3.25. The molecule has 178 valence electrons. The van der Waals surface area contributed by atoms with Crippen LogP contribution in [-0.2, 0) is 14.3 Å². The first-order valence-corrected chi connectivity index (χ1v) is 13.2. The molecule has 1 amide bonds. The molecule has 0 bridgehead atoms. The van der Waals surface area contributed by atoms with Crippen molar-refractivity contribution in [3.05, 3.63) is 89.6 Å². The van der Waals surface area contributed by atoms with Gasteiger partial charge in [0.25, 0.3) is 11.5 Å². The van der Waals surface area contributed by atoms with Crippen LogP contribution in [0.1, 0.15) is 31.0 Å². The van der Waals surface area contributed by atoms with Gasteiger partial charge in [0.05, 0.1) is 29.5 Å². The largest absolute Gasteiger partial charge is 0.463 e. The molecule has 0 spiro atoms. The molecule has 35 heavy (non-hydrogen) atoms. The number of hydrogen-bond acceptors (Lipinski definition) is 7. The number of esters is 1. The molecule has 2 aliphatic rings. The summed E-state index contributed by atoms with van der Waals surface area (Å²) in [5.74, 6) is -0.906. The lowest BCUT2D eigenvalue weighted by atomic mass is 9.96. The van der Waals surface area contributed by atoms with Crippen LogP contribution in [0.5, 0.6) is 0 Å². The molecule has 3 heterocycles. The SMILES string of the molecule is CCOC(=O)C1=C(C)N=c2s/c(=C3\C(=O)Nc4ccc(Cl)cc43)c(=O)n2[C@@H]1c1ccc(SC)cc1. The molecule has 0 aliphatic carbocycles. The van der Waals surface area contributed by atoms with E-state index in [9.17, 15) is 14.4 Å². The van der Waals surface area contributed by atoms with Gasteiger partial charge in [-0.15, -0.1) is 11.8 Å². The molecule has 0 saturated heterocycles. The van der Waals surface area contributed by atoms with Crippen molar-refractivity contribution < 1.29 is 14.3 Å². The number of allylic oxidation sites excluding steroid dienone is 1. The van der Waals surface area contributed by atoms with Crippen LogP contribution >= 0.6 is 34.7 Å². The van der Waals surface area contributed by atoms with Gasteiger partial charge in [0.15, 0.2) is 4.80 Å². The summed E-state index contributed by atoms with van der Waals surface area (Å²) in [6.07, 6.45) is 1.98. The number of fused-ring (bicyclic) bond motifs is 2. The third kappa shape index (κ3) is 3.93. The van der Waals surface area contributed by atoms with Crippen LogP contribution < -0.4 is 20.2 Å². The van der Waals surface area contributed by atoms with Crippen LogP contribution in [0.4, 0.5) is 5.69 Å². The van der Waals surface area contributed by atoms with E-state index in [0.717, 1.165) is 21.8 Å². The molecular weight excluding hydrogens is 506 g/mol. The summed E-state index contributed by atoms with van der Waals surface area (Å²) in [4.78, 5) is 45.8. The Bertz CT molecular complexity index is 1600. The number of amides is 1. The second-order valence-electron chi connectivity index (χ2n) is 7.92. The highest BCUT2D eigenvalue weighted by Crippen LogP contribution is 2.34. The van der Waals surface area contributed by atoms with Crippen molar-refractivity contribution in [3.63, 3.8) is 0 Å². The minimum absolute atomic E-state index is 0.194. The number of thiazole rings is 1. The second-order valence-corrected chi connectivity index (χ2v) is 10.2. The summed E-state index contributed by atoms with van der Waals surface area (Å²) >= 11 is 8.90. The molecule has 2 aliphatic heterocycles. The number of benzene rings is 2. The predicted molar refractivity (Wildman–Crippen MR) is 138 cm³/mol. The fourth-order valence-corrected chi connectivity index (χ4v) is 6.03. The molecule has 1 aromatic heterocycles. The lowest BCUT2D eigenvalue weighted by Gasteiger charge is -2.24. The number of rotatable bonds is 4. The second kappa shape index (κ2) is 9.14. The van der Waals surface area contributed by atoms with Crippen LogP contribution in [0.25, 0.3) is 5.57 Å². The van der Waals surface area contributed by atoms with E-state index in [0.29, 0.717) is 32.3 Å². The van der Waals surface area contributed by atoms with Crippen LogP contribution in [0.15, 0.2) is 68.4 Å². The van der Waals surface area contributed by atoms with E-state index in [1.165, 1.54) is 4.57 Å². The summed E-state index contributed by atoms with van der Waals surface area (Å²) < 4.78 is 7.05. The van der Waals surface area contributed by atoms with Crippen molar-refractivity contribution in [1.29, 1.82) is 0 Å². The van der Waals surface area contributed by atoms with Crippen molar-refractivity contribution >= 4 is 57.8 Å². The average molecular weight is 526 g/mol. The Morgan fingerprint density at radius 2 is 1.97 bits per heavy atom. The molecule has 10 heteroatoms.